The van der Waals surface area contributed by atoms with Crippen LogP contribution in [0, 0.1) is 0 Å². The number of thioether (sulfide) groups is 1. The minimum atomic E-state index is -0.843. The molecule has 1 aliphatic rings. The van der Waals surface area contributed by atoms with Crippen LogP contribution in [0.15, 0.2) is 11.4 Å². The van der Waals surface area contributed by atoms with Crippen LogP contribution in [-0.2, 0) is 20.8 Å². The highest BCUT2D eigenvalue weighted by atomic mass is 32.2. The third kappa shape index (κ3) is 3.32. The van der Waals surface area contributed by atoms with Crippen molar-refractivity contribution in [1.29, 1.82) is 0 Å². The van der Waals surface area contributed by atoms with Crippen molar-refractivity contribution in [2.45, 2.75) is 37.5 Å². The summed E-state index contributed by atoms with van der Waals surface area (Å²) < 4.78 is 10.0. The molecule has 0 saturated heterocycles. The van der Waals surface area contributed by atoms with Crippen molar-refractivity contribution < 1.29 is 19.1 Å². The Morgan fingerprint density at radius 3 is 2.91 bits per heavy atom. The Morgan fingerprint density at radius 1 is 1.50 bits per heavy atom. The molecule has 1 aliphatic heterocycles. The van der Waals surface area contributed by atoms with Gasteiger partial charge in [0.1, 0.15) is 0 Å². The zero-order valence-electron chi connectivity index (χ0n) is 12.9. The van der Waals surface area contributed by atoms with Crippen LogP contribution < -0.4 is 0 Å². The Labute approximate surface area is 133 Å². The molecule has 120 valence electrons. The third-order valence-electron chi connectivity index (χ3n) is 3.37. The second-order valence-corrected chi connectivity index (χ2v) is 5.55. The van der Waals surface area contributed by atoms with Gasteiger partial charge in [-0.15, -0.1) is 0 Å². The number of fused-ring (bicyclic) bond motifs is 1. The van der Waals surface area contributed by atoms with Crippen molar-refractivity contribution in [1.82, 2.24) is 14.9 Å². The number of amides is 1. The molecule has 0 fully saturated rings. The Kier molecular flexibility index (Phi) is 5.59. The predicted octanol–water partition coefficient (Wildman–Crippen LogP) is 2.16. The van der Waals surface area contributed by atoms with Crippen LogP contribution >= 0.6 is 11.8 Å². The lowest BCUT2D eigenvalue weighted by molar-refractivity contribution is -0.146. The van der Waals surface area contributed by atoms with Gasteiger partial charge in [-0.3, -0.25) is 4.90 Å². The summed E-state index contributed by atoms with van der Waals surface area (Å²) in [6.45, 7) is 2.56. The van der Waals surface area contributed by atoms with Gasteiger partial charge in [0.05, 0.1) is 26.0 Å². The number of unbranched alkanes of at least 4 members (excludes halogenated alkanes) is 1. The monoisotopic (exact) mass is 325 g/mol. The molecule has 0 bridgehead atoms. The van der Waals surface area contributed by atoms with E-state index in [0.29, 0.717) is 23.0 Å². The van der Waals surface area contributed by atoms with E-state index in [1.165, 1.54) is 23.8 Å². The molecule has 0 saturated carbocycles. The van der Waals surface area contributed by atoms with E-state index >= 15 is 0 Å². The minimum Gasteiger partial charge on any atom is -0.467 e. The lowest BCUT2D eigenvalue weighted by Crippen LogP contribution is -2.35. The SMILES string of the molecule is CCCCOC(=O)N1Cc2nc(SC)ncc2C1C(=O)OC. The van der Waals surface area contributed by atoms with Crippen molar-refractivity contribution in [3.8, 4) is 0 Å². The number of hydrogen-bond donors (Lipinski definition) is 0. The fourth-order valence-electron chi connectivity index (χ4n) is 2.20. The van der Waals surface area contributed by atoms with Crippen LogP contribution in [0.2, 0.25) is 0 Å². The molecule has 0 radical (unpaired) electrons. The van der Waals surface area contributed by atoms with Gasteiger partial charge in [-0.05, 0) is 12.7 Å². The number of aromatic nitrogens is 2. The summed E-state index contributed by atoms with van der Waals surface area (Å²) in [5.41, 5.74) is 1.25. The lowest BCUT2D eigenvalue weighted by atomic mass is 10.1. The summed E-state index contributed by atoms with van der Waals surface area (Å²) in [4.78, 5) is 34.1. The Hall–Kier alpha value is -1.83. The topological polar surface area (TPSA) is 81.6 Å². The molecular weight excluding hydrogens is 306 g/mol. The number of methoxy groups -OCH3 is 1. The molecule has 1 unspecified atom stereocenters. The van der Waals surface area contributed by atoms with E-state index in [-0.39, 0.29) is 6.54 Å². The first kappa shape index (κ1) is 16.5. The van der Waals surface area contributed by atoms with Crippen molar-refractivity contribution in [3.63, 3.8) is 0 Å². The van der Waals surface area contributed by atoms with Gasteiger partial charge in [0, 0.05) is 11.8 Å². The highest BCUT2D eigenvalue weighted by molar-refractivity contribution is 7.98. The standard InChI is InChI=1S/C14H19N3O4S/c1-4-5-6-21-14(19)17-8-10-9(11(17)12(18)20-2)7-15-13(16-10)22-3/h7,11H,4-6,8H2,1-3H3. The molecule has 1 atom stereocenters. The zero-order valence-corrected chi connectivity index (χ0v) is 13.7. The third-order valence-corrected chi connectivity index (χ3v) is 3.93. The summed E-state index contributed by atoms with van der Waals surface area (Å²) in [5, 5.41) is 0.601. The molecule has 1 aromatic rings. The maximum atomic E-state index is 12.2. The van der Waals surface area contributed by atoms with E-state index in [1.54, 1.807) is 6.20 Å². The maximum absolute atomic E-state index is 12.2. The molecule has 1 amide bonds. The average molecular weight is 325 g/mol. The number of carbonyl (C=O) groups excluding carboxylic acids is 2. The Morgan fingerprint density at radius 2 is 2.27 bits per heavy atom. The van der Waals surface area contributed by atoms with E-state index in [1.807, 2.05) is 13.2 Å². The minimum absolute atomic E-state index is 0.218. The number of nitrogens with zero attached hydrogens (tertiary/aromatic N) is 3. The van der Waals surface area contributed by atoms with Crippen LogP contribution in [-0.4, -0.2) is 46.9 Å². The van der Waals surface area contributed by atoms with Crippen molar-refractivity contribution in [2.75, 3.05) is 20.0 Å². The van der Waals surface area contributed by atoms with Crippen molar-refractivity contribution in [3.05, 3.63) is 17.5 Å². The second kappa shape index (κ2) is 7.44. The van der Waals surface area contributed by atoms with Gasteiger partial charge in [-0.1, -0.05) is 25.1 Å². The van der Waals surface area contributed by atoms with Gasteiger partial charge >= 0.3 is 12.1 Å². The highest BCUT2D eigenvalue weighted by Gasteiger charge is 2.41. The van der Waals surface area contributed by atoms with E-state index in [2.05, 4.69) is 9.97 Å². The normalized spacial score (nSPS) is 16.3. The molecule has 7 nitrogen and oxygen atoms in total. The van der Waals surface area contributed by atoms with Crippen LogP contribution in [0.1, 0.15) is 37.1 Å². The van der Waals surface area contributed by atoms with E-state index < -0.39 is 18.1 Å². The molecule has 0 aliphatic carbocycles. The summed E-state index contributed by atoms with van der Waals surface area (Å²) in [6.07, 6.45) is 4.62. The first-order valence-electron chi connectivity index (χ1n) is 7.03. The van der Waals surface area contributed by atoms with Crippen molar-refractivity contribution >= 4 is 23.8 Å². The molecule has 0 N–H and O–H groups in total. The first-order valence-corrected chi connectivity index (χ1v) is 8.25. The summed E-state index contributed by atoms with van der Waals surface area (Å²) >= 11 is 1.40. The van der Waals surface area contributed by atoms with Crippen LogP contribution in [0.3, 0.4) is 0 Å². The fraction of sp³-hybridized carbons (Fsp3) is 0.571. The quantitative estimate of drug-likeness (QED) is 0.355. The van der Waals surface area contributed by atoms with E-state index in [9.17, 15) is 9.59 Å². The average Bonchev–Trinajstić information content (AvgIpc) is 2.92. The van der Waals surface area contributed by atoms with E-state index in [4.69, 9.17) is 9.47 Å². The molecule has 0 aromatic carbocycles. The van der Waals surface area contributed by atoms with Gasteiger partial charge in [0.15, 0.2) is 11.2 Å². The number of ether oxygens (including phenoxy) is 2. The molecule has 8 heteroatoms. The van der Waals surface area contributed by atoms with Gasteiger partial charge in [-0.2, -0.15) is 0 Å². The predicted molar refractivity (Wildman–Crippen MR) is 80.4 cm³/mol. The molecule has 2 rings (SSSR count). The summed E-state index contributed by atoms with van der Waals surface area (Å²) in [5.74, 6) is -0.522. The van der Waals surface area contributed by atoms with Gasteiger partial charge in [0.25, 0.3) is 0 Å². The van der Waals surface area contributed by atoms with Gasteiger partial charge < -0.3 is 9.47 Å². The van der Waals surface area contributed by atoms with Crippen molar-refractivity contribution in [2.24, 2.45) is 0 Å². The lowest BCUT2D eigenvalue weighted by Gasteiger charge is -2.22. The molecule has 2 heterocycles. The number of rotatable bonds is 5. The van der Waals surface area contributed by atoms with Crippen LogP contribution in [0.25, 0.3) is 0 Å². The van der Waals surface area contributed by atoms with Crippen LogP contribution in [0.5, 0.6) is 0 Å². The van der Waals surface area contributed by atoms with Crippen LogP contribution in [0.4, 0.5) is 4.79 Å². The molecular formula is C14H19N3O4S. The van der Waals surface area contributed by atoms with E-state index in [0.717, 1.165) is 12.8 Å². The second-order valence-electron chi connectivity index (χ2n) is 4.78. The van der Waals surface area contributed by atoms with Gasteiger partial charge in [-0.25, -0.2) is 19.6 Å². The smallest absolute Gasteiger partial charge is 0.411 e. The Bertz CT molecular complexity index is 567. The number of esters is 1. The molecule has 1 aromatic heterocycles. The fourth-order valence-corrected chi connectivity index (χ4v) is 2.56. The summed E-state index contributed by atoms with van der Waals surface area (Å²) in [6, 6.07) is -0.843. The Balaban J connectivity index is 2.23. The summed E-state index contributed by atoms with van der Waals surface area (Å²) in [7, 11) is 1.29. The maximum Gasteiger partial charge on any atom is 0.411 e. The first-order chi connectivity index (χ1) is 10.6. The molecule has 22 heavy (non-hydrogen) atoms. The number of carbonyl (C=O) groups is 2. The largest absolute Gasteiger partial charge is 0.467 e. The zero-order chi connectivity index (χ0) is 16.1. The highest BCUT2D eigenvalue weighted by Crippen LogP contribution is 2.34. The molecule has 0 spiro atoms. The van der Waals surface area contributed by atoms with Gasteiger partial charge in [0.2, 0.25) is 0 Å². The number of hydrogen-bond acceptors (Lipinski definition) is 7.